The predicted molar refractivity (Wildman–Crippen MR) is 118 cm³/mol. The van der Waals surface area contributed by atoms with E-state index < -0.39 is 17.6 Å². The van der Waals surface area contributed by atoms with Gasteiger partial charge in [0.25, 0.3) is 11.8 Å². The Kier molecular flexibility index (Phi) is 4.86. The van der Waals surface area contributed by atoms with Gasteiger partial charge in [-0.2, -0.15) is 0 Å². The third-order valence-electron chi connectivity index (χ3n) is 5.32. The molecule has 1 N–H and O–H groups in total. The van der Waals surface area contributed by atoms with Crippen molar-refractivity contribution in [2.24, 2.45) is 0 Å². The monoisotopic (exact) mass is 430 g/mol. The summed E-state index contributed by atoms with van der Waals surface area (Å²) in [5.41, 5.74) is 2.90. The predicted octanol–water partition coefficient (Wildman–Crippen LogP) is 4.30. The van der Waals surface area contributed by atoms with E-state index in [9.17, 15) is 14.0 Å². The van der Waals surface area contributed by atoms with E-state index in [0.29, 0.717) is 41.7 Å². The molecule has 2 amide bonds. The Hall–Kier alpha value is -4.13. The van der Waals surface area contributed by atoms with Crippen molar-refractivity contribution in [3.8, 4) is 11.5 Å². The quantitative estimate of drug-likeness (QED) is 0.625. The molecule has 0 aromatic heterocycles. The minimum absolute atomic E-state index is 0.139. The summed E-state index contributed by atoms with van der Waals surface area (Å²) in [4.78, 5) is 27.8. The van der Waals surface area contributed by atoms with E-state index in [0.717, 1.165) is 10.5 Å². The minimum atomic E-state index is -0.521. The number of fused-ring (bicyclic) bond motifs is 1. The Bertz CT molecular complexity index is 1250. The van der Waals surface area contributed by atoms with Gasteiger partial charge in [-0.25, -0.2) is 9.29 Å². The zero-order chi connectivity index (χ0) is 22.2. The average molecular weight is 430 g/mol. The highest BCUT2D eigenvalue weighted by Crippen LogP contribution is 2.37. The molecule has 0 aliphatic carbocycles. The van der Waals surface area contributed by atoms with Crippen LogP contribution in [0.5, 0.6) is 11.5 Å². The first kappa shape index (κ1) is 19.8. The average Bonchev–Trinajstić information content (AvgIpc) is 3.04. The molecule has 3 aromatic rings. The number of amides is 2. The van der Waals surface area contributed by atoms with Crippen LogP contribution in [0.3, 0.4) is 0 Å². The molecule has 2 heterocycles. The Balaban J connectivity index is 1.58. The molecule has 0 atom stereocenters. The van der Waals surface area contributed by atoms with Gasteiger partial charge in [0.1, 0.15) is 24.7 Å². The van der Waals surface area contributed by atoms with Crippen LogP contribution in [0.25, 0.3) is 5.57 Å². The van der Waals surface area contributed by atoms with Crippen LogP contribution < -0.4 is 19.7 Å². The first-order valence-electron chi connectivity index (χ1n) is 10.1. The van der Waals surface area contributed by atoms with Crippen LogP contribution in [0, 0.1) is 12.7 Å². The van der Waals surface area contributed by atoms with E-state index in [1.54, 1.807) is 30.3 Å². The summed E-state index contributed by atoms with van der Waals surface area (Å²) in [6, 6.07) is 17.8. The number of carbonyl (C=O) groups is 2. The molecule has 0 spiro atoms. The molecule has 2 aliphatic rings. The molecule has 0 bridgehead atoms. The second-order valence-electron chi connectivity index (χ2n) is 7.52. The summed E-state index contributed by atoms with van der Waals surface area (Å²) in [7, 11) is 0. The fourth-order valence-corrected chi connectivity index (χ4v) is 3.72. The van der Waals surface area contributed by atoms with Crippen molar-refractivity contribution in [3.63, 3.8) is 0 Å². The Labute approximate surface area is 183 Å². The molecular formula is C25H19FN2O4. The third-order valence-corrected chi connectivity index (χ3v) is 5.32. The molecular weight excluding hydrogens is 411 g/mol. The van der Waals surface area contributed by atoms with Gasteiger partial charge >= 0.3 is 0 Å². The molecule has 0 fully saturated rings. The van der Waals surface area contributed by atoms with E-state index in [2.05, 4.69) is 5.32 Å². The molecule has 6 nitrogen and oxygen atoms in total. The number of benzene rings is 3. The highest BCUT2D eigenvalue weighted by molar-refractivity contribution is 6.46. The summed E-state index contributed by atoms with van der Waals surface area (Å²) in [5, 5.41) is 3.10. The van der Waals surface area contributed by atoms with Crippen LogP contribution in [-0.2, 0) is 9.59 Å². The fraction of sp³-hybridized carbons (Fsp3) is 0.120. The molecule has 3 aromatic carbocycles. The van der Waals surface area contributed by atoms with Crippen LogP contribution in [0.1, 0.15) is 11.1 Å². The van der Waals surface area contributed by atoms with E-state index in [1.165, 1.54) is 24.3 Å². The molecule has 0 saturated heterocycles. The van der Waals surface area contributed by atoms with Crippen LogP contribution in [0.15, 0.2) is 72.4 Å². The van der Waals surface area contributed by atoms with E-state index in [-0.39, 0.29) is 11.3 Å². The number of carbonyl (C=O) groups excluding carboxylic acids is 2. The number of nitrogens with one attached hydrogen (secondary N) is 1. The van der Waals surface area contributed by atoms with Crippen molar-refractivity contribution in [1.82, 2.24) is 0 Å². The summed E-state index contributed by atoms with van der Waals surface area (Å²) in [6.45, 7) is 2.85. The summed E-state index contributed by atoms with van der Waals surface area (Å²) < 4.78 is 24.6. The Morgan fingerprint density at radius 1 is 0.844 bits per heavy atom. The van der Waals surface area contributed by atoms with Crippen molar-refractivity contribution in [1.29, 1.82) is 0 Å². The Morgan fingerprint density at radius 3 is 2.25 bits per heavy atom. The maximum absolute atomic E-state index is 13.4. The first-order valence-corrected chi connectivity index (χ1v) is 10.1. The van der Waals surface area contributed by atoms with Gasteiger partial charge < -0.3 is 14.8 Å². The molecule has 160 valence electrons. The van der Waals surface area contributed by atoms with Gasteiger partial charge in [0, 0.05) is 11.8 Å². The van der Waals surface area contributed by atoms with E-state index in [4.69, 9.17) is 9.47 Å². The van der Waals surface area contributed by atoms with Crippen LogP contribution >= 0.6 is 0 Å². The zero-order valence-electron chi connectivity index (χ0n) is 17.2. The van der Waals surface area contributed by atoms with Gasteiger partial charge in [-0.05, 0) is 48.9 Å². The highest BCUT2D eigenvalue weighted by Gasteiger charge is 2.40. The topological polar surface area (TPSA) is 67.9 Å². The maximum Gasteiger partial charge on any atom is 0.282 e. The number of ether oxygens (including phenoxy) is 2. The van der Waals surface area contributed by atoms with Crippen LogP contribution in [-0.4, -0.2) is 25.0 Å². The van der Waals surface area contributed by atoms with Crippen molar-refractivity contribution >= 4 is 28.8 Å². The van der Waals surface area contributed by atoms with E-state index >= 15 is 0 Å². The number of anilines is 2. The van der Waals surface area contributed by atoms with Gasteiger partial charge in [0.2, 0.25) is 0 Å². The smallest absolute Gasteiger partial charge is 0.282 e. The maximum atomic E-state index is 13.4. The third kappa shape index (κ3) is 3.47. The molecule has 2 aliphatic heterocycles. The van der Waals surface area contributed by atoms with Gasteiger partial charge in [0.05, 0.1) is 11.3 Å². The van der Waals surface area contributed by atoms with Crippen molar-refractivity contribution < 1.29 is 23.5 Å². The number of aryl methyl sites for hydroxylation is 1. The number of nitrogens with zero attached hydrogens (tertiary/aromatic N) is 1. The van der Waals surface area contributed by atoms with Crippen molar-refractivity contribution in [2.75, 3.05) is 23.4 Å². The Morgan fingerprint density at radius 2 is 1.53 bits per heavy atom. The molecule has 5 rings (SSSR count). The largest absolute Gasteiger partial charge is 0.486 e. The lowest BCUT2D eigenvalue weighted by molar-refractivity contribution is -0.120. The molecule has 7 heteroatoms. The highest BCUT2D eigenvalue weighted by atomic mass is 19.1. The summed E-state index contributed by atoms with van der Waals surface area (Å²) in [5.74, 6) is -0.269. The number of rotatable bonds is 4. The molecule has 0 radical (unpaired) electrons. The van der Waals surface area contributed by atoms with Crippen molar-refractivity contribution in [2.45, 2.75) is 6.92 Å². The van der Waals surface area contributed by atoms with E-state index in [1.807, 2.05) is 19.1 Å². The molecule has 0 saturated carbocycles. The van der Waals surface area contributed by atoms with Gasteiger partial charge in [-0.15, -0.1) is 0 Å². The lowest BCUT2D eigenvalue weighted by atomic mass is 10.0. The summed E-state index contributed by atoms with van der Waals surface area (Å²) in [6.07, 6.45) is 0. The van der Waals surface area contributed by atoms with Crippen molar-refractivity contribution in [3.05, 3.63) is 89.4 Å². The van der Waals surface area contributed by atoms with Gasteiger partial charge in [0.15, 0.2) is 11.5 Å². The second kappa shape index (κ2) is 7.85. The second-order valence-corrected chi connectivity index (χ2v) is 7.52. The number of hydrogen-bond donors (Lipinski definition) is 1. The molecule has 0 unspecified atom stereocenters. The number of halogens is 1. The van der Waals surface area contributed by atoms with Gasteiger partial charge in [-0.1, -0.05) is 29.8 Å². The zero-order valence-corrected chi connectivity index (χ0v) is 17.2. The fourth-order valence-electron chi connectivity index (χ4n) is 3.72. The number of imide groups is 1. The minimum Gasteiger partial charge on any atom is -0.486 e. The van der Waals surface area contributed by atoms with Crippen LogP contribution in [0.2, 0.25) is 0 Å². The number of hydrogen-bond acceptors (Lipinski definition) is 5. The van der Waals surface area contributed by atoms with Gasteiger partial charge in [-0.3, -0.25) is 9.59 Å². The standard InChI is InChI=1S/C25H19FN2O4/c1-15-2-4-16(5-3-15)22-23(27-18-8-11-20-21(14-18)32-13-12-31-20)25(30)28(24(22)29)19-9-6-17(26)7-10-19/h2-11,14,27H,12-13H2,1H3. The lowest BCUT2D eigenvalue weighted by Gasteiger charge is -2.19. The molecule has 32 heavy (non-hydrogen) atoms. The summed E-state index contributed by atoms with van der Waals surface area (Å²) >= 11 is 0. The lowest BCUT2D eigenvalue weighted by Crippen LogP contribution is -2.32. The first-order chi connectivity index (χ1) is 15.5. The normalized spacial score (nSPS) is 15.4. The van der Waals surface area contributed by atoms with Crippen LogP contribution in [0.4, 0.5) is 15.8 Å². The SMILES string of the molecule is Cc1ccc(C2=C(Nc3ccc4c(c3)OCCO4)C(=O)N(c3ccc(F)cc3)C2=O)cc1.